The van der Waals surface area contributed by atoms with Gasteiger partial charge in [-0.1, -0.05) is 96.5 Å². The monoisotopic (exact) mass is 280 g/mol. The predicted octanol–water partition coefficient (Wildman–Crippen LogP) is 7.85. The van der Waals surface area contributed by atoms with Crippen LogP contribution in [0.2, 0.25) is 0 Å². The van der Waals surface area contributed by atoms with Crippen molar-refractivity contribution in [2.24, 2.45) is 0 Å². The van der Waals surface area contributed by atoms with Gasteiger partial charge in [-0.25, -0.2) is 0 Å². The Morgan fingerprint density at radius 1 is 0.850 bits per heavy atom. The van der Waals surface area contributed by atoms with Crippen LogP contribution in [0.5, 0.6) is 0 Å². The Kier molecular flexibility index (Phi) is 81.9. The number of allylic oxidation sites excluding steroid dienone is 2. The Hall–Kier alpha value is -1.30. The molecule has 1 aromatic carbocycles. The summed E-state index contributed by atoms with van der Waals surface area (Å²) in [7, 11) is 0. The summed E-state index contributed by atoms with van der Waals surface area (Å²) in [5.74, 6) is 0. The third-order valence-corrected chi connectivity index (χ3v) is 1.23. The van der Waals surface area contributed by atoms with Crippen LogP contribution in [-0.4, -0.2) is 0 Å². The Morgan fingerprint density at radius 3 is 1.20 bits per heavy atom. The Balaban J connectivity index is -0.0000000505. The minimum absolute atomic E-state index is 1.08. The lowest BCUT2D eigenvalue weighted by Gasteiger charge is -1.82. The van der Waals surface area contributed by atoms with Gasteiger partial charge in [0.15, 0.2) is 0 Å². The van der Waals surface area contributed by atoms with E-state index >= 15 is 0 Å². The van der Waals surface area contributed by atoms with E-state index in [0.29, 0.717) is 0 Å². The number of hydrogen-bond donors (Lipinski definition) is 0. The maximum Gasteiger partial charge on any atom is -0.0382 e. The molecular weight excluding hydrogens is 240 g/mol. The van der Waals surface area contributed by atoms with Crippen LogP contribution in [0.25, 0.3) is 0 Å². The van der Waals surface area contributed by atoms with Crippen LogP contribution < -0.4 is 0 Å². The summed E-state index contributed by atoms with van der Waals surface area (Å²) in [6.45, 7) is 24.9. The zero-order valence-electron chi connectivity index (χ0n) is 15.7. The first-order valence-corrected chi connectivity index (χ1v) is 7.92. The SMILES string of the molecule is C=CC.C=CCC.CC.CC.CC.Cc1ccccc1. The number of rotatable bonds is 1. The average Bonchev–Trinajstić information content (AvgIpc) is 2.55. The van der Waals surface area contributed by atoms with Gasteiger partial charge in [0.25, 0.3) is 0 Å². The van der Waals surface area contributed by atoms with Crippen LogP contribution in [0.1, 0.15) is 67.4 Å². The fraction of sp³-hybridized carbons (Fsp3) is 0.500. The smallest absolute Gasteiger partial charge is 0.0382 e. The average molecular weight is 281 g/mol. The van der Waals surface area contributed by atoms with E-state index in [0.717, 1.165) is 6.42 Å². The van der Waals surface area contributed by atoms with Gasteiger partial charge in [0.2, 0.25) is 0 Å². The first-order chi connectivity index (χ1) is 9.72. The summed E-state index contributed by atoms with van der Waals surface area (Å²) < 4.78 is 0. The van der Waals surface area contributed by atoms with Crippen LogP contribution in [-0.2, 0) is 0 Å². The fourth-order valence-corrected chi connectivity index (χ4v) is 0.534. The molecule has 120 valence electrons. The summed E-state index contributed by atoms with van der Waals surface area (Å²) in [6.07, 6.45) is 4.71. The molecule has 0 fully saturated rings. The second-order valence-corrected chi connectivity index (χ2v) is 2.76. The minimum atomic E-state index is 1.08. The van der Waals surface area contributed by atoms with Crippen molar-refractivity contribution in [3.05, 3.63) is 61.2 Å². The third-order valence-electron chi connectivity index (χ3n) is 1.23. The zero-order valence-corrected chi connectivity index (χ0v) is 15.7. The van der Waals surface area contributed by atoms with Crippen LogP contribution in [0.15, 0.2) is 55.6 Å². The largest absolute Gasteiger partial charge is 0.103 e. The molecule has 0 radical (unpaired) electrons. The molecule has 1 rings (SSSR count). The van der Waals surface area contributed by atoms with E-state index in [9.17, 15) is 0 Å². The van der Waals surface area contributed by atoms with Gasteiger partial charge in [0, 0.05) is 0 Å². The molecule has 0 aliphatic rings. The van der Waals surface area contributed by atoms with E-state index in [1.54, 1.807) is 6.08 Å². The Labute approximate surface area is 130 Å². The molecule has 0 heteroatoms. The molecule has 20 heavy (non-hydrogen) atoms. The maximum atomic E-state index is 3.48. The number of hydrogen-bond acceptors (Lipinski definition) is 0. The molecule has 0 aliphatic carbocycles. The minimum Gasteiger partial charge on any atom is -0.103 e. The molecule has 0 unspecified atom stereocenters. The topological polar surface area (TPSA) is 0 Å². The lowest BCUT2D eigenvalue weighted by molar-refractivity contribution is 1.23. The second kappa shape index (κ2) is 52.5. The van der Waals surface area contributed by atoms with Crippen molar-refractivity contribution < 1.29 is 0 Å². The van der Waals surface area contributed by atoms with Crippen molar-refractivity contribution in [3.63, 3.8) is 0 Å². The highest BCUT2D eigenvalue weighted by Gasteiger charge is 1.72. The van der Waals surface area contributed by atoms with E-state index in [4.69, 9.17) is 0 Å². The highest BCUT2D eigenvalue weighted by molar-refractivity contribution is 5.11. The maximum absolute atomic E-state index is 3.48. The molecule has 0 N–H and O–H groups in total. The standard InChI is InChI=1S/C7H8.C4H8.C3H6.3C2H6/c1-7-5-3-2-4-6-7;1-3-4-2;1-3-2;3*1-2/h2-6H,1H3;3H,1,4H2,2H3;3H,1H2,2H3;3*1-2H3. The van der Waals surface area contributed by atoms with Crippen LogP contribution >= 0.6 is 0 Å². The molecule has 0 aromatic heterocycles. The predicted molar refractivity (Wildman–Crippen MR) is 102 cm³/mol. The highest BCUT2D eigenvalue weighted by atomic mass is 13.8. The van der Waals surface area contributed by atoms with Crippen LogP contribution in [0.4, 0.5) is 0 Å². The molecule has 0 bridgehead atoms. The summed E-state index contributed by atoms with van der Waals surface area (Å²) >= 11 is 0. The number of benzene rings is 1. The van der Waals surface area contributed by atoms with Crippen LogP contribution in [0.3, 0.4) is 0 Å². The van der Waals surface area contributed by atoms with Crippen molar-refractivity contribution >= 4 is 0 Å². The lowest BCUT2D eigenvalue weighted by atomic mass is 10.2. The van der Waals surface area contributed by atoms with Gasteiger partial charge in [-0.2, -0.15) is 0 Å². The van der Waals surface area contributed by atoms with E-state index in [-0.39, 0.29) is 0 Å². The molecule has 0 nitrogen and oxygen atoms in total. The van der Waals surface area contributed by atoms with Gasteiger partial charge in [0.05, 0.1) is 0 Å². The van der Waals surface area contributed by atoms with E-state index in [2.05, 4.69) is 39.1 Å². The molecule has 0 spiro atoms. The van der Waals surface area contributed by atoms with E-state index in [1.807, 2.05) is 72.7 Å². The molecule has 0 saturated heterocycles. The van der Waals surface area contributed by atoms with Crippen LogP contribution in [0, 0.1) is 6.92 Å². The van der Waals surface area contributed by atoms with Crippen molar-refractivity contribution in [3.8, 4) is 0 Å². The summed E-state index contributed by atoms with van der Waals surface area (Å²) in [4.78, 5) is 0. The van der Waals surface area contributed by atoms with Crippen molar-refractivity contribution in [1.29, 1.82) is 0 Å². The summed E-state index contributed by atoms with van der Waals surface area (Å²) in [6, 6.07) is 10.3. The summed E-state index contributed by atoms with van der Waals surface area (Å²) in [5.41, 5.74) is 1.32. The Bertz CT molecular complexity index is 209. The van der Waals surface area contributed by atoms with Gasteiger partial charge in [-0.05, 0) is 20.3 Å². The normalized spacial score (nSPS) is 5.85. The lowest BCUT2D eigenvalue weighted by Crippen LogP contribution is -1.62. The van der Waals surface area contributed by atoms with Gasteiger partial charge >= 0.3 is 0 Å². The van der Waals surface area contributed by atoms with Gasteiger partial charge in [-0.3, -0.25) is 0 Å². The molecule has 1 aromatic rings. The first-order valence-electron chi connectivity index (χ1n) is 7.92. The molecule has 0 amide bonds. The quantitative estimate of drug-likeness (QED) is 0.459. The fourth-order valence-electron chi connectivity index (χ4n) is 0.534. The van der Waals surface area contributed by atoms with Gasteiger partial charge < -0.3 is 0 Å². The zero-order chi connectivity index (χ0) is 17.2. The van der Waals surface area contributed by atoms with Crippen molar-refractivity contribution in [2.75, 3.05) is 0 Å². The van der Waals surface area contributed by atoms with Crippen molar-refractivity contribution in [1.82, 2.24) is 0 Å². The van der Waals surface area contributed by atoms with Gasteiger partial charge in [0.1, 0.15) is 0 Å². The number of aryl methyl sites for hydroxylation is 1. The van der Waals surface area contributed by atoms with Gasteiger partial charge in [-0.15, -0.1) is 13.2 Å². The highest BCUT2D eigenvalue weighted by Crippen LogP contribution is 1.92. The first kappa shape index (κ1) is 31.2. The van der Waals surface area contributed by atoms with E-state index < -0.39 is 0 Å². The molecule has 0 aliphatic heterocycles. The molecule has 0 atom stereocenters. The molecular formula is C20H40. The molecule has 0 heterocycles. The van der Waals surface area contributed by atoms with Crippen molar-refractivity contribution in [2.45, 2.75) is 68.7 Å². The van der Waals surface area contributed by atoms with E-state index in [1.165, 1.54) is 5.56 Å². The second-order valence-electron chi connectivity index (χ2n) is 2.76. The summed E-state index contributed by atoms with van der Waals surface area (Å²) in [5, 5.41) is 0. The Morgan fingerprint density at radius 2 is 1.10 bits per heavy atom. The third kappa shape index (κ3) is 69.4. The molecule has 0 saturated carbocycles.